The van der Waals surface area contributed by atoms with Crippen LogP contribution in [-0.2, 0) is 19.6 Å². The number of nitrogens with zero attached hydrogens (tertiary/aromatic N) is 2. The van der Waals surface area contributed by atoms with E-state index in [1.54, 1.807) is 4.68 Å². The van der Waals surface area contributed by atoms with E-state index in [0.717, 1.165) is 23.4 Å². The van der Waals surface area contributed by atoms with Gasteiger partial charge in [0.1, 0.15) is 6.61 Å². The monoisotopic (exact) mass is 432 g/mol. The second-order valence-corrected chi connectivity index (χ2v) is 7.38. The number of H-pyrrole nitrogens is 1. The van der Waals surface area contributed by atoms with Gasteiger partial charge in [0, 0.05) is 6.42 Å². The SMILES string of the molecule is CCOc1cc(CNn2c(CC)n[nH]c2=S)cc(Cl)c1OCc1cccc(C)c1. The highest BCUT2D eigenvalue weighted by atomic mass is 35.5. The van der Waals surface area contributed by atoms with Crippen LogP contribution in [0.2, 0.25) is 5.02 Å². The second kappa shape index (κ2) is 9.80. The van der Waals surface area contributed by atoms with E-state index in [9.17, 15) is 0 Å². The van der Waals surface area contributed by atoms with Crippen molar-refractivity contribution in [2.24, 2.45) is 0 Å². The third-order valence-electron chi connectivity index (χ3n) is 4.33. The molecule has 1 aromatic heterocycles. The highest BCUT2D eigenvalue weighted by Crippen LogP contribution is 2.37. The van der Waals surface area contributed by atoms with Gasteiger partial charge in [0.25, 0.3) is 0 Å². The van der Waals surface area contributed by atoms with Gasteiger partial charge in [-0.1, -0.05) is 48.4 Å². The lowest BCUT2D eigenvalue weighted by Crippen LogP contribution is -2.17. The smallest absolute Gasteiger partial charge is 0.214 e. The topological polar surface area (TPSA) is 64.1 Å². The number of aromatic amines is 1. The molecule has 0 aliphatic rings. The largest absolute Gasteiger partial charge is 0.490 e. The number of benzene rings is 2. The summed E-state index contributed by atoms with van der Waals surface area (Å²) in [5.41, 5.74) is 6.49. The standard InChI is InChI=1S/C21H25ClN4O2S/c1-4-19-24-25-21(29)26(19)23-12-16-10-17(22)20(18(11-16)27-5-2)28-13-15-8-6-7-14(3)9-15/h6-11,23H,4-5,12-13H2,1-3H3,(H,25,29). The predicted molar refractivity (Wildman–Crippen MR) is 118 cm³/mol. The summed E-state index contributed by atoms with van der Waals surface area (Å²) in [6.07, 6.45) is 0.761. The summed E-state index contributed by atoms with van der Waals surface area (Å²) < 4.78 is 14.1. The van der Waals surface area contributed by atoms with Crippen molar-refractivity contribution in [3.63, 3.8) is 0 Å². The highest BCUT2D eigenvalue weighted by Gasteiger charge is 2.14. The molecule has 0 fully saturated rings. The van der Waals surface area contributed by atoms with E-state index in [4.69, 9.17) is 33.3 Å². The summed E-state index contributed by atoms with van der Waals surface area (Å²) in [7, 11) is 0. The molecule has 3 aromatic rings. The molecule has 0 saturated heterocycles. The molecule has 1 heterocycles. The fraction of sp³-hybridized carbons (Fsp3) is 0.333. The Kier molecular flexibility index (Phi) is 7.17. The van der Waals surface area contributed by atoms with E-state index in [0.29, 0.717) is 41.1 Å². The number of aromatic nitrogens is 3. The van der Waals surface area contributed by atoms with Crippen LogP contribution in [0.15, 0.2) is 36.4 Å². The predicted octanol–water partition coefficient (Wildman–Crippen LogP) is 5.19. The Balaban J connectivity index is 1.78. The summed E-state index contributed by atoms with van der Waals surface area (Å²) >= 11 is 11.8. The molecule has 8 heteroatoms. The maximum atomic E-state index is 6.54. The van der Waals surface area contributed by atoms with Crippen molar-refractivity contribution in [2.45, 2.75) is 40.3 Å². The molecule has 0 radical (unpaired) electrons. The molecule has 0 amide bonds. The number of ether oxygens (including phenoxy) is 2. The van der Waals surface area contributed by atoms with Crippen LogP contribution in [0.25, 0.3) is 0 Å². The molecule has 0 atom stereocenters. The molecule has 0 spiro atoms. The summed E-state index contributed by atoms with van der Waals surface area (Å²) in [6.45, 7) is 7.46. The lowest BCUT2D eigenvalue weighted by molar-refractivity contribution is 0.269. The first-order chi connectivity index (χ1) is 14.0. The fourth-order valence-corrected chi connectivity index (χ4v) is 3.49. The summed E-state index contributed by atoms with van der Waals surface area (Å²) in [5.74, 6) is 2.01. The van der Waals surface area contributed by atoms with Gasteiger partial charge >= 0.3 is 0 Å². The Hall–Kier alpha value is -2.51. The van der Waals surface area contributed by atoms with Crippen LogP contribution in [0.5, 0.6) is 11.5 Å². The van der Waals surface area contributed by atoms with Crippen LogP contribution < -0.4 is 14.9 Å². The first kappa shape index (κ1) is 21.2. The number of halogens is 1. The van der Waals surface area contributed by atoms with Crippen molar-refractivity contribution in [1.29, 1.82) is 0 Å². The Labute approximate surface area is 180 Å². The van der Waals surface area contributed by atoms with Crippen LogP contribution in [0.1, 0.15) is 36.4 Å². The van der Waals surface area contributed by atoms with E-state index in [2.05, 4.69) is 34.7 Å². The van der Waals surface area contributed by atoms with Crippen LogP contribution in [0.4, 0.5) is 0 Å². The van der Waals surface area contributed by atoms with Gasteiger partial charge in [-0.3, -0.25) is 5.10 Å². The second-order valence-electron chi connectivity index (χ2n) is 6.58. The molecule has 2 N–H and O–H groups in total. The molecule has 6 nitrogen and oxygen atoms in total. The van der Waals surface area contributed by atoms with Crippen molar-refractivity contribution in [3.05, 3.63) is 68.7 Å². The molecule has 0 aliphatic carbocycles. The van der Waals surface area contributed by atoms with Crippen molar-refractivity contribution in [2.75, 3.05) is 12.0 Å². The highest BCUT2D eigenvalue weighted by molar-refractivity contribution is 7.71. The lowest BCUT2D eigenvalue weighted by Gasteiger charge is -2.16. The maximum absolute atomic E-state index is 6.54. The summed E-state index contributed by atoms with van der Waals surface area (Å²) in [6, 6.07) is 12.0. The summed E-state index contributed by atoms with van der Waals surface area (Å²) in [4.78, 5) is 0. The molecule has 0 aliphatic heterocycles. The van der Waals surface area contributed by atoms with Gasteiger partial charge in [-0.05, 0) is 49.3 Å². The van der Waals surface area contributed by atoms with Crippen LogP contribution in [0.3, 0.4) is 0 Å². The normalized spacial score (nSPS) is 10.8. The van der Waals surface area contributed by atoms with Crippen molar-refractivity contribution < 1.29 is 9.47 Å². The summed E-state index contributed by atoms with van der Waals surface area (Å²) in [5, 5.41) is 7.50. The van der Waals surface area contributed by atoms with Crippen molar-refractivity contribution in [1.82, 2.24) is 14.9 Å². The van der Waals surface area contributed by atoms with E-state index in [-0.39, 0.29) is 0 Å². The maximum Gasteiger partial charge on any atom is 0.214 e. The Morgan fingerprint density at radius 3 is 2.72 bits per heavy atom. The van der Waals surface area contributed by atoms with Gasteiger partial charge in [0.15, 0.2) is 17.3 Å². The molecule has 154 valence electrons. The molecule has 29 heavy (non-hydrogen) atoms. The van der Waals surface area contributed by atoms with Crippen molar-refractivity contribution >= 4 is 23.8 Å². The van der Waals surface area contributed by atoms with Gasteiger partial charge in [0.2, 0.25) is 4.77 Å². The molecule has 3 rings (SSSR count). The zero-order chi connectivity index (χ0) is 20.8. The van der Waals surface area contributed by atoms with Gasteiger partial charge in [-0.25, -0.2) is 4.68 Å². The number of hydrogen-bond acceptors (Lipinski definition) is 5. The average Bonchev–Trinajstić information content (AvgIpc) is 3.05. The number of aryl methyl sites for hydroxylation is 2. The van der Waals surface area contributed by atoms with Crippen LogP contribution in [-0.4, -0.2) is 21.5 Å². The third-order valence-corrected chi connectivity index (χ3v) is 4.89. The molecule has 2 aromatic carbocycles. The van der Waals surface area contributed by atoms with E-state index >= 15 is 0 Å². The van der Waals surface area contributed by atoms with Gasteiger partial charge in [-0.15, -0.1) is 0 Å². The van der Waals surface area contributed by atoms with Crippen LogP contribution >= 0.6 is 23.8 Å². The zero-order valence-corrected chi connectivity index (χ0v) is 18.4. The lowest BCUT2D eigenvalue weighted by atomic mass is 10.1. The number of rotatable bonds is 9. The molecule has 0 bridgehead atoms. The first-order valence-electron chi connectivity index (χ1n) is 9.55. The van der Waals surface area contributed by atoms with Crippen LogP contribution in [0, 0.1) is 11.7 Å². The van der Waals surface area contributed by atoms with Crippen molar-refractivity contribution in [3.8, 4) is 11.5 Å². The minimum Gasteiger partial charge on any atom is -0.490 e. The zero-order valence-electron chi connectivity index (χ0n) is 16.8. The number of hydrogen-bond donors (Lipinski definition) is 2. The average molecular weight is 433 g/mol. The van der Waals surface area contributed by atoms with Gasteiger partial charge in [0.05, 0.1) is 18.2 Å². The Morgan fingerprint density at radius 2 is 2.00 bits per heavy atom. The van der Waals surface area contributed by atoms with E-state index < -0.39 is 0 Å². The molecular weight excluding hydrogens is 408 g/mol. The quantitative estimate of drug-likeness (QED) is 0.456. The Morgan fingerprint density at radius 1 is 1.17 bits per heavy atom. The van der Waals surface area contributed by atoms with E-state index in [1.807, 2.05) is 38.1 Å². The number of nitrogens with one attached hydrogen (secondary N) is 2. The first-order valence-corrected chi connectivity index (χ1v) is 10.3. The molecular formula is C21H25ClN4O2S. The Bertz CT molecular complexity index is 1030. The fourth-order valence-electron chi connectivity index (χ4n) is 2.98. The molecule has 0 unspecified atom stereocenters. The molecule has 0 saturated carbocycles. The van der Waals surface area contributed by atoms with Gasteiger partial charge < -0.3 is 14.9 Å². The van der Waals surface area contributed by atoms with E-state index in [1.165, 1.54) is 5.56 Å². The third kappa shape index (κ3) is 5.31. The minimum atomic E-state index is 0.420. The minimum absolute atomic E-state index is 0.420. The van der Waals surface area contributed by atoms with Gasteiger partial charge in [-0.2, -0.15) is 5.10 Å².